The first-order valence-corrected chi connectivity index (χ1v) is 7.02. The lowest BCUT2D eigenvalue weighted by Gasteiger charge is -2.02. The normalized spacial score (nSPS) is 11.5. The first-order chi connectivity index (χ1) is 8.18. The molecule has 17 heavy (non-hydrogen) atoms. The van der Waals surface area contributed by atoms with Gasteiger partial charge < -0.3 is 5.21 Å². The molecule has 0 saturated carbocycles. The summed E-state index contributed by atoms with van der Waals surface area (Å²) in [6, 6.07) is 14.9. The molecule has 2 rings (SSSR count). The molecule has 0 N–H and O–H groups in total. The Bertz CT molecular complexity index is 570. The molecular formula is C12H8I2N2O. The summed E-state index contributed by atoms with van der Waals surface area (Å²) in [7, 11) is 0. The van der Waals surface area contributed by atoms with E-state index in [9.17, 15) is 5.21 Å². The summed E-state index contributed by atoms with van der Waals surface area (Å²) in [6.07, 6.45) is 0. The van der Waals surface area contributed by atoms with Gasteiger partial charge in [-0.05, 0) is 68.2 Å². The fourth-order valence-electron chi connectivity index (χ4n) is 1.29. The van der Waals surface area contributed by atoms with Crippen molar-refractivity contribution in [2.75, 3.05) is 0 Å². The highest BCUT2D eigenvalue weighted by atomic mass is 127. The second-order valence-electron chi connectivity index (χ2n) is 3.28. The van der Waals surface area contributed by atoms with Crippen molar-refractivity contribution in [3.8, 4) is 0 Å². The molecule has 0 unspecified atom stereocenters. The molecule has 0 heterocycles. The number of azo groups is 1. The summed E-state index contributed by atoms with van der Waals surface area (Å²) in [6.45, 7) is 0. The molecule has 0 aromatic heterocycles. The fraction of sp³-hybridized carbons (Fsp3) is 0. The fourth-order valence-corrected chi connectivity index (χ4v) is 2.38. The summed E-state index contributed by atoms with van der Waals surface area (Å²) in [5.74, 6) is 0. The summed E-state index contributed by atoms with van der Waals surface area (Å²) < 4.78 is 1.84. The van der Waals surface area contributed by atoms with Crippen molar-refractivity contribution in [2.24, 2.45) is 5.11 Å². The van der Waals surface area contributed by atoms with Gasteiger partial charge in [0.2, 0.25) is 0 Å². The second kappa shape index (κ2) is 5.76. The Balaban J connectivity index is 2.42. The first kappa shape index (κ1) is 12.7. The molecule has 0 aliphatic rings. The highest BCUT2D eigenvalue weighted by molar-refractivity contribution is 14.1. The number of hydrogen-bond donors (Lipinski definition) is 0. The van der Waals surface area contributed by atoms with Crippen LogP contribution in [-0.4, -0.2) is 4.86 Å². The van der Waals surface area contributed by atoms with E-state index in [1.807, 2.05) is 42.5 Å². The van der Waals surface area contributed by atoms with Gasteiger partial charge >= 0.3 is 0 Å². The zero-order valence-electron chi connectivity index (χ0n) is 8.68. The van der Waals surface area contributed by atoms with Crippen LogP contribution in [0.5, 0.6) is 0 Å². The molecule has 0 aliphatic carbocycles. The smallest absolute Gasteiger partial charge is 0.258 e. The molecule has 0 bridgehead atoms. The minimum absolute atomic E-state index is 0.563. The van der Waals surface area contributed by atoms with Crippen molar-refractivity contribution in [3.05, 3.63) is 60.9 Å². The molecule has 0 amide bonds. The lowest BCUT2D eigenvalue weighted by Crippen LogP contribution is -1.93. The van der Waals surface area contributed by atoms with Crippen LogP contribution in [0.15, 0.2) is 53.6 Å². The van der Waals surface area contributed by atoms with Crippen LogP contribution in [0.4, 0.5) is 11.4 Å². The largest absolute Gasteiger partial charge is 0.594 e. The molecule has 0 radical (unpaired) electrons. The van der Waals surface area contributed by atoms with Crippen LogP contribution in [0, 0.1) is 12.3 Å². The van der Waals surface area contributed by atoms with Crippen LogP contribution in [0.3, 0.4) is 0 Å². The van der Waals surface area contributed by atoms with Gasteiger partial charge in [-0.2, -0.15) is 0 Å². The zero-order chi connectivity index (χ0) is 12.3. The van der Waals surface area contributed by atoms with E-state index in [1.165, 1.54) is 0 Å². The average Bonchev–Trinajstić information content (AvgIpc) is 2.32. The molecule has 0 fully saturated rings. The van der Waals surface area contributed by atoms with Gasteiger partial charge in [0, 0.05) is 14.8 Å². The van der Waals surface area contributed by atoms with Crippen LogP contribution in [0.2, 0.25) is 0 Å². The quantitative estimate of drug-likeness (QED) is 0.280. The molecule has 5 heteroatoms. The number of benzene rings is 2. The number of para-hydroxylation sites is 1. The Morgan fingerprint density at radius 1 is 0.882 bits per heavy atom. The Morgan fingerprint density at radius 3 is 2.12 bits per heavy atom. The van der Waals surface area contributed by atoms with Crippen LogP contribution >= 0.6 is 45.2 Å². The van der Waals surface area contributed by atoms with Gasteiger partial charge in [-0.1, -0.05) is 24.3 Å². The van der Waals surface area contributed by atoms with Gasteiger partial charge in [0.05, 0.1) is 3.57 Å². The maximum atomic E-state index is 11.9. The predicted molar refractivity (Wildman–Crippen MR) is 83.7 cm³/mol. The molecule has 0 aliphatic heterocycles. The molecule has 0 spiro atoms. The van der Waals surface area contributed by atoms with Gasteiger partial charge in [-0.15, -0.1) is 0 Å². The first-order valence-electron chi connectivity index (χ1n) is 4.86. The van der Waals surface area contributed by atoms with Crippen molar-refractivity contribution in [2.45, 2.75) is 0 Å². The average molecular weight is 450 g/mol. The number of rotatable bonds is 2. The second-order valence-corrected chi connectivity index (χ2v) is 5.60. The molecular weight excluding hydrogens is 442 g/mol. The van der Waals surface area contributed by atoms with Crippen molar-refractivity contribution < 1.29 is 4.86 Å². The SMILES string of the molecule is [O-][N+](=Nc1ccccc1I)c1ccccc1I. The molecule has 3 nitrogen and oxygen atoms in total. The minimum atomic E-state index is 0.563. The molecule has 2 aromatic rings. The number of nitrogens with zero attached hydrogens (tertiary/aromatic N) is 2. The highest BCUT2D eigenvalue weighted by Gasteiger charge is 2.09. The lowest BCUT2D eigenvalue weighted by molar-refractivity contribution is -0.436. The van der Waals surface area contributed by atoms with Crippen molar-refractivity contribution >= 4 is 56.6 Å². The Hall–Kier alpha value is -0.700. The summed E-state index contributed by atoms with van der Waals surface area (Å²) in [5, 5.41) is 16.0. The van der Waals surface area contributed by atoms with Gasteiger partial charge in [0.25, 0.3) is 5.69 Å². The van der Waals surface area contributed by atoms with Crippen molar-refractivity contribution in [1.29, 1.82) is 0 Å². The maximum absolute atomic E-state index is 11.9. The highest BCUT2D eigenvalue weighted by Crippen LogP contribution is 2.25. The standard InChI is InChI=1S/C12H8I2N2O/c13-9-5-1-3-7-11(9)15-16(17)12-8-4-2-6-10(12)14/h1-8H. The van der Waals surface area contributed by atoms with Gasteiger partial charge in [0.15, 0.2) is 0 Å². The Kier molecular flexibility index (Phi) is 4.32. The molecule has 86 valence electrons. The van der Waals surface area contributed by atoms with E-state index in [0.717, 1.165) is 7.14 Å². The summed E-state index contributed by atoms with van der Waals surface area (Å²) in [4.78, 5) is 0.666. The number of hydrogen-bond acceptors (Lipinski definition) is 2. The van der Waals surface area contributed by atoms with Gasteiger partial charge in [-0.25, -0.2) is 0 Å². The molecule has 2 aromatic carbocycles. The van der Waals surface area contributed by atoms with Gasteiger partial charge in [0.1, 0.15) is 5.69 Å². The third-order valence-corrected chi connectivity index (χ3v) is 3.93. The van der Waals surface area contributed by atoms with E-state index >= 15 is 0 Å². The van der Waals surface area contributed by atoms with E-state index in [4.69, 9.17) is 0 Å². The van der Waals surface area contributed by atoms with E-state index in [2.05, 4.69) is 50.3 Å². The lowest BCUT2D eigenvalue weighted by atomic mass is 10.3. The monoisotopic (exact) mass is 450 g/mol. The van der Waals surface area contributed by atoms with Crippen molar-refractivity contribution in [3.63, 3.8) is 0 Å². The number of halogens is 2. The van der Waals surface area contributed by atoms with Crippen LogP contribution in [0.25, 0.3) is 0 Å². The van der Waals surface area contributed by atoms with E-state index < -0.39 is 0 Å². The minimum Gasteiger partial charge on any atom is -0.594 e. The topological polar surface area (TPSA) is 38.4 Å². The van der Waals surface area contributed by atoms with E-state index in [0.29, 0.717) is 16.2 Å². The molecule has 0 saturated heterocycles. The molecule has 0 atom stereocenters. The maximum Gasteiger partial charge on any atom is 0.258 e. The van der Waals surface area contributed by atoms with Crippen molar-refractivity contribution in [1.82, 2.24) is 0 Å². The third-order valence-electron chi connectivity index (χ3n) is 2.11. The van der Waals surface area contributed by atoms with Crippen LogP contribution in [0.1, 0.15) is 0 Å². The summed E-state index contributed by atoms with van der Waals surface area (Å²) in [5.41, 5.74) is 1.25. The van der Waals surface area contributed by atoms with E-state index in [1.54, 1.807) is 6.07 Å². The third kappa shape index (κ3) is 3.15. The van der Waals surface area contributed by atoms with Crippen LogP contribution in [-0.2, 0) is 0 Å². The Labute approximate surface area is 126 Å². The summed E-state index contributed by atoms with van der Waals surface area (Å²) >= 11 is 4.28. The van der Waals surface area contributed by atoms with Gasteiger partial charge in [-0.3, -0.25) is 0 Å². The zero-order valence-corrected chi connectivity index (χ0v) is 13.0. The van der Waals surface area contributed by atoms with E-state index in [-0.39, 0.29) is 0 Å². The predicted octanol–water partition coefficient (Wildman–Crippen LogP) is 4.82. The van der Waals surface area contributed by atoms with Crippen LogP contribution < -0.4 is 0 Å². The Morgan fingerprint density at radius 2 is 1.47 bits per heavy atom.